The van der Waals surface area contributed by atoms with E-state index in [1.165, 1.54) is 89.7 Å². The van der Waals surface area contributed by atoms with Crippen LogP contribution in [0.15, 0.2) is 29.3 Å². The summed E-state index contributed by atoms with van der Waals surface area (Å²) >= 11 is 0. The van der Waals surface area contributed by atoms with E-state index in [1.807, 2.05) is 0 Å². The molecule has 0 radical (unpaired) electrons. The van der Waals surface area contributed by atoms with Gasteiger partial charge < -0.3 is 37.1 Å². The van der Waals surface area contributed by atoms with Crippen molar-refractivity contribution in [3.63, 3.8) is 0 Å². The van der Waals surface area contributed by atoms with E-state index < -0.39 is 36.1 Å². The monoisotopic (exact) mass is 717 g/mol. The lowest BCUT2D eigenvalue weighted by molar-refractivity contribution is -0.192. The molecule has 1 aromatic rings. The van der Waals surface area contributed by atoms with E-state index in [1.54, 1.807) is 12.1 Å². The molecule has 2 amide bonds. The molecule has 50 heavy (non-hydrogen) atoms. The highest BCUT2D eigenvalue weighted by atomic mass is 19.4. The van der Waals surface area contributed by atoms with Gasteiger partial charge in [-0.1, -0.05) is 103 Å². The van der Waals surface area contributed by atoms with Crippen LogP contribution in [-0.4, -0.2) is 71.3 Å². The summed E-state index contributed by atoms with van der Waals surface area (Å²) in [6.45, 7) is 4.18. The number of aliphatic carboxylic acids is 1. The predicted molar refractivity (Wildman–Crippen MR) is 186 cm³/mol. The number of aliphatic imine (C=N–C) groups is 1. The van der Waals surface area contributed by atoms with Gasteiger partial charge in [0.25, 0.3) is 0 Å². The summed E-state index contributed by atoms with van der Waals surface area (Å²) in [4.78, 5) is 50.8. The molecule has 12 nitrogen and oxygen atoms in total. The van der Waals surface area contributed by atoms with Crippen LogP contribution in [0, 0.1) is 0 Å². The number of amides is 2. The molecule has 2 atom stereocenters. The Morgan fingerprint density at radius 3 is 1.72 bits per heavy atom. The number of halogens is 3. The number of carboxylic acids is 1. The molecule has 0 saturated carbocycles. The van der Waals surface area contributed by atoms with Crippen molar-refractivity contribution in [3.05, 3.63) is 29.8 Å². The number of benzene rings is 1. The smallest absolute Gasteiger partial charge is 0.490 e. The maximum atomic E-state index is 13.2. The average molecular weight is 718 g/mol. The van der Waals surface area contributed by atoms with Crippen molar-refractivity contribution in [3.8, 4) is 5.75 Å². The Labute approximate surface area is 294 Å². The first-order chi connectivity index (χ1) is 23.7. The number of phenols is 1. The topological polar surface area (TPSA) is 206 Å². The normalized spacial score (nSPS) is 12.1. The minimum Gasteiger partial charge on any atom is -0.508 e. The van der Waals surface area contributed by atoms with E-state index in [4.69, 9.17) is 26.1 Å². The van der Waals surface area contributed by atoms with Crippen LogP contribution in [0.1, 0.15) is 122 Å². The van der Waals surface area contributed by atoms with Crippen LogP contribution in [-0.2, 0) is 30.3 Å². The third-order valence-electron chi connectivity index (χ3n) is 7.60. The fourth-order valence-electron chi connectivity index (χ4n) is 4.92. The van der Waals surface area contributed by atoms with Crippen LogP contribution in [0.4, 0.5) is 13.2 Å². The molecular weight excluding hydrogens is 659 g/mol. The minimum absolute atomic E-state index is 0.0411. The van der Waals surface area contributed by atoms with Gasteiger partial charge in [-0.15, -0.1) is 0 Å². The minimum atomic E-state index is -5.08. The number of aromatic hydroxyl groups is 1. The standard InChI is InChI=1S/C33H57N5O5.C2HF3O2/c1-3-4-5-6-7-8-9-10-11-12-13-14-15-16-24-43-32(42)29(18-17-23-36-33(34)35)38-31(41)30(37-26(2)39)25-27-19-21-28(40)22-20-27;3-2(4,5)1(6)7/h19-22,29-30,40H,3-18,23-25H2,1-2H3,(H,37,39)(H,38,41)(H4,34,35,36);(H,6,7)/t29-,30-;/m0./s1. The number of phenolic OH excluding ortho intramolecular Hbond substituents is 1. The Morgan fingerprint density at radius 1 is 0.800 bits per heavy atom. The second-order valence-electron chi connectivity index (χ2n) is 12.2. The molecule has 0 bridgehead atoms. The summed E-state index contributed by atoms with van der Waals surface area (Å²) in [7, 11) is 0. The van der Waals surface area contributed by atoms with Gasteiger partial charge in [0.2, 0.25) is 11.8 Å². The van der Waals surface area contributed by atoms with Crippen molar-refractivity contribution < 1.29 is 47.3 Å². The number of hydrogen-bond acceptors (Lipinski definition) is 7. The zero-order valence-corrected chi connectivity index (χ0v) is 29.6. The molecular formula is C35H58F3N5O7. The number of rotatable bonds is 25. The lowest BCUT2D eigenvalue weighted by Gasteiger charge is -2.22. The van der Waals surface area contributed by atoms with E-state index in [2.05, 4.69) is 22.5 Å². The van der Waals surface area contributed by atoms with Crippen molar-refractivity contribution in [2.24, 2.45) is 16.5 Å². The summed E-state index contributed by atoms with van der Waals surface area (Å²) in [5, 5.41) is 22.1. The van der Waals surface area contributed by atoms with Gasteiger partial charge in [-0.2, -0.15) is 13.2 Å². The summed E-state index contributed by atoms with van der Waals surface area (Å²) in [5.41, 5.74) is 11.5. The number of carboxylic acid groups (broad SMARTS) is 1. The quantitative estimate of drug-likeness (QED) is 0.0320. The number of nitrogens with zero attached hydrogens (tertiary/aromatic N) is 1. The highest BCUT2D eigenvalue weighted by Crippen LogP contribution is 2.15. The zero-order chi connectivity index (χ0) is 37.8. The maximum absolute atomic E-state index is 13.2. The van der Waals surface area contributed by atoms with E-state index in [9.17, 15) is 32.7 Å². The molecule has 0 aromatic heterocycles. The first kappa shape index (κ1) is 46.0. The molecule has 0 aliphatic heterocycles. The van der Waals surface area contributed by atoms with Gasteiger partial charge in [0.1, 0.15) is 17.8 Å². The van der Waals surface area contributed by atoms with E-state index >= 15 is 0 Å². The number of guanidine groups is 1. The zero-order valence-electron chi connectivity index (χ0n) is 29.6. The van der Waals surface area contributed by atoms with Crippen LogP contribution in [0.25, 0.3) is 0 Å². The third kappa shape index (κ3) is 25.9. The van der Waals surface area contributed by atoms with Gasteiger partial charge in [-0.3, -0.25) is 14.6 Å². The largest absolute Gasteiger partial charge is 0.508 e. The SMILES string of the molecule is CCCCCCCCCCCCCCCCOC(=O)[C@H](CCCN=C(N)N)NC(=O)[C@H](Cc1ccc(O)cc1)NC(C)=O.O=C(O)C(F)(F)F. The number of hydrogen-bond donors (Lipinski definition) is 6. The molecule has 0 spiro atoms. The third-order valence-corrected chi connectivity index (χ3v) is 7.60. The van der Waals surface area contributed by atoms with Gasteiger partial charge in [0.05, 0.1) is 6.61 Å². The van der Waals surface area contributed by atoms with Gasteiger partial charge in [0.15, 0.2) is 5.96 Å². The van der Waals surface area contributed by atoms with Crippen molar-refractivity contribution in [2.45, 2.75) is 141 Å². The van der Waals surface area contributed by atoms with E-state index in [0.29, 0.717) is 19.6 Å². The number of alkyl halides is 3. The Bertz CT molecular complexity index is 1130. The highest BCUT2D eigenvalue weighted by molar-refractivity contribution is 5.90. The number of esters is 1. The fraction of sp³-hybridized carbons (Fsp3) is 0.686. The van der Waals surface area contributed by atoms with Crippen molar-refractivity contribution in [1.29, 1.82) is 0 Å². The highest BCUT2D eigenvalue weighted by Gasteiger charge is 2.38. The second-order valence-corrected chi connectivity index (χ2v) is 12.2. The van der Waals surface area contributed by atoms with Crippen LogP contribution >= 0.6 is 0 Å². The number of nitrogens with two attached hydrogens (primary N) is 2. The number of carbonyl (C=O) groups is 4. The lowest BCUT2D eigenvalue weighted by Crippen LogP contribution is -2.52. The molecule has 0 aliphatic carbocycles. The number of carbonyl (C=O) groups excluding carboxylic acids is 3. The average Bonchev–Trinajstić information content (AvgIpc) is 3.04. The predicted octanol–water partition coefficient (Wildman–Crippen LogP) is 5.64. The Morgan fingerprint density at radius 2 is 1.28 bits per heavy atom. The first-order valence-electron chi connectivity index (χ1n) is 17.5. The number of ether oxygens (including phenoxy) is 1. The summed E-state index contributed by atoms with van der Waals surface area (Å²) in [6, 6.07) is 4.58. The van der Waals surface area contributed by atoms with Crippen molar-refractivity contribution in [1.82, 2.24) is 10.6 Å². The Hall–Kier alpha value is -4.04. The Kier molecular flexibility index (Phi) is 25.5. The molecule has 0 heterocycles. The summed E-state index contributed by atoms with van der Waals surface area (Å²) in [5.74, 6) is -4.08. The van der Waals surface area contributed by atoms with Crippen LogP contribution < -0.4 is 22.1 Å². The molecule has 0 saturated heterocycles. The lowest BCUT2D eigenvalue weighted by atomic mass is 10.0. The Balaban J connectivity index is 0.00000308. The number of nitrogens with one attached hydrogen (secondary N) is 2. The van der Waals surface area contributed by atoms with Crippen molar-refractivity contribution in [2.75, 3.05) is 13.2 Å². The van der Waals surface area contributed by atoms with Gasteiger partial charge in [-0.25, -0.2) is 9.59 Å². The van der Waals surface area contributed by atoms with Gasteiger partial charge >= 0.3 is 18.1 Å². The van der Waals surface area contributed by atoms with Crippen LogP contribution in [0.5, 0.6) is 5.75 Å². The summed E-state index contributed by atoms with van der Waals surface area (Å²) < 4.78 is 37.3. The maximum Gasteiger partial charge on any atom is 0.490 e. The molecule has 8 N–H and O–H groups in total. The number of unbranched alkanes of at least 4 members (excludes halogenated alkanes) is 13. The van der Waals surface area contributed by atoms with Gasteiger partial charge in [0, 0.05) is 19.9 Å². The molecule has 1 aromatic carbocycles. The molecule has 286 valence electrons. The van der Waals surface area contributed by atoms with E-state index in [-0.39, 0.29) is 30.5 Å². The summed E-state index contributed by atoms with van der Waals surface area (Å²) in [6.07, 6.45) is 13.3. The fourth-order valence-corrected chi connectivity index (χ4v) is 4.92. The molecule has 0 unspecified atom stereocenters. The van der Waals surface area contributed by atoms with Gasteiger partial charge in [-0.05, 0) is 37.0 Å². The van der Waals surface area contributed by atoms with Crippen LogP contribution in [0.2, 0.25) is 0 Å². The van der Waals surface area contributed by atoms with Crippen LogP contribution in [0.3, 0.4) is 0 Å². The molecule has 1 rings (SSSR count). The molecule has 0 fully saturated rings. The first-order valence-corrected chi connectivity index (χ1v) is 17.5. The van der Waals surface area contributed by atoms with Crippen molar-refractivity contribution >= 4 is 29.7 Å². The van der Waals surface area contributed by atoms with E-state index in [0.717, 1.165) is 24.8 Å². The second kappa shape index (κ2) is 27.7. The molecule has 0 aliphatic rings. The molecule has 15 heteroatoms.